The molecule has 3 nitrogen and oxygen atoms in total. The van der Waals surface area contributed by atoms with Crippen LogP contribution in [0.4, 0.5) is 0 Å². The Bertz CT molecular complexity index is 333. The first kappa shape index (κ1) is 8.26. The Morgan fingerprint density at radius 2 is 2.46 bits per heavy atom. The Morgan fingerprint density at radius 3 is 3.15 bits per heavy atom. The number of aldehydes is 1. The molecule has 1 N–H and O–H groups in total. The van der Waals surface area contributed by atoms with E-state index in [-0.39, 0.29) is 12.7 Å². The van der Waals surface area contributed by atoms with Crippen LogP contribution in [0.2, 0.25) is 0 Å². The minimum atomic E-state index is -0.142. The number of hydrogen-bond acceptors (Lipinski definition) is 3. The van der Waals surface area contributed by atoms with Gasteiger partial charge in [0.15, 0.2) is 0 Å². The first-order valence-electron chi connectivity index (χ1n) is 4.19. The van der Waals surface area contributed by atoms with E-state index in [0.717, 1.165) is 17.6 Å². The van der Waals surface area contributed by atoms with Crippen LogP contribution >= 0.6 is 0 Å². The minimum Gasteiger partial charge on any atom is -0.487 e. The lowest BCUT2D eigenvalue weighted by Gasteiger charge is -2.04. The normalized spacial score (nSPS) is 19.3. The molecule has 1 aromatic carbocycles. The van der Waals surface area contributed by atoms with Crippen molar-refractivity contribution in [2.24, 2.45) is 0 Å². The Balaban J connectivity index is 2.30. The summed E-state index contributed by atoms with van der Waals surface area (Å²) in [6, 6.07) is 5.29. The summed E-state index contributed by atoms with van der Waals surface area (Å²) in [5.74, 6) is 0.782. The lowest BCUT2D eigenvalue weighted by Crippen LogP contribution is -2.17. The maximum absolute atomic E-state index is 10.5. The molecule has 3 heteroatoms. The van der Waals surface area contributed by atoms with Crippen molar-refractivity contribution in [3.05, 3.63) is 29.3 Å². The highest BCUT2D eigenvalue weighted by Gasteiger charge is 2.21. The second-order valence-electron chi connectivity index (χ2n) is 3.11. The molecular formula is C10H10O3. The highest BCUT2D eigenvalue weighted by atomic mass is 16.5. The van der Waals surface area contributed by atoms with Gasteiger partial charge in [0.1, 0.15) is 18.1 Å². The van der Waals surface area contributed by atoms with Gasteiger partial charge in [-0.3, -0.25) is 4.79 Å². The number of rotatable bonds is 2. The fourth-order valence-electron chi connectivity index (χ4n) is 1.52. The fraction of sp³-hybridized carbons (Fsp3) is 0.300. The van der Waals surface area contributed by atoms with Crippen molar-refractivity contribution in [2.45, 2.75) is 12.5 Å². The summed E-state index contributed by atoms with van der Waals surface area (Å²) >= 11 is 0. The number of benzene rings is 1. The van der Waals surface area contributed by atoms with E-state index in [1.807, 2.05) is 0 Å². The molecule has 1 aromatic rings. The molecule has 1 atom stereocenters. The van der Waals surface area contributed by atoms with Gasteiger partial charge in [-0.25, -0.2) is 0 Å². The van der Waals surface area contributed by atoms with Crippen molar-refractivity contribution < 1.29 is 14.6 Å². The Hall–Kier alpha value is -1.35. The maximum atomic E-state index is 10.5. The summed E-state index contributed by atoms with van der Waals surface area (Å²) in [7, 11) is 0. The van der Waals surface area contributed by atoms with Crippen LogP contribution in [0.25, 0.3) is 0 Å². The summed E-state index contributed by atoms with van der Waals surface area (Å²) in [6.07, 6.45) is 1.36. The van der Waals surface area contributed by atoms with Gasteiger partial charge < -0.3 is 9.84 Å². The van der Waals surface area contributed by atoms with E-state index in [0.29, 0.717) is 12.0 Å². The third-order valence-electron chi connectivity index (χ3n) is 2.17. The first-order valence-corrected chi connectivity index (χ1v) is 4.19. The monoisotopic (exact) mass is 178 g/mol. The zero-order chi connectivity index (χ0) is 9.26. The number of fused-ring (bicyclic) bond motifs is 1. The molecule has 0 saturated heterocycles. The van der Waals surface area contributed by atoms with E-state index in [1.165, 1.54) is 0 Å². The van der Waals surface area contributed by atoms with Gasteiger partial charge in [0.2, 0.25) is 0 Å². The van der Waals surface area contributed by atoms with Crippen molar-refractivity contribution >= 4 is 6.29 Å². The maximum Gasteiger partial charge on any atom is 0.150 e. The summed E-state index contributed by atoms with van der Waals surface area (Å²) in [6.45, 7) is 0.0190. The van der Waals surface area contributed by atoms with Gasteiger partial charge >= 0.3 is 0 Å². The molecule has 13 heavy (non-hydrogen) atoms. The van der Waals surface area contributed by atoms with Crippen LogP contribution in [0, 0.1) is 0 Å². The molecule has 0 bridgehead atoms. The lowest BCUT2D eigenvalue weighted by atomic mass is 10.1. The van der Waals surface area contributed by atoms with E-state index < -0.39 is 0 Å². The quantitative estimate of drug-likeness (QED) is 0.681. The Kier molecular flexibility index (Phi) is 2.02. The summed E-state index contributed by atoms with van der Waals surface area (Å²) in [5.41, 5.74) is 1.66. The third kappa shape index (κ3) is 1.42. The fourth-order valence-corrected chi connectivity index (χ4v) is 1.52. The highest BCUT2D eigenvalue weighted by Crippen LogP contribution is 2.28. The van der Waals surface area contributed by atoms with E-state index in [9.17, 15) is 4.79 Å². The Labute approximate surface area is 76.0 Å². The smallest absolute Gasteiger partial charge is 0.150 e. The summed E-state index contributed by atoms with van der Waals surface area (Å²) in [4.78, 5) is 10.5. The molecule has 1 aliphatic heterocycles. The Morgan fingerprint density at radius 1 is 1.62 bits per heavy atom. The lowest BCUT2D eigenvalue weighted by molar-refractivity contribution is 0.112. The number of hydrogen-bond donors (Lipinski definition) is 1. The number of carbonyl (C=O) groups excluding carboxylic acids is 1. The van der Waals surface area contributed by atoms with Gasteiger partial charge in [-0.05, 0) is 23.8 Å². The average molecular weight is 178 g/mol. The van der Waals surface area contributed by atoms with Crippen LogP contribution in [-0.4, -0.2) is 24.1 Å². The highest BCUT2D eigenvalue weighted by molar-refractivity contribution is 5.75. The minimum absolute atomic E-state index is 0.0190. The topological polar surface area (TPSA) is 46.5 Å². The average Bonchev–Trinajstić information content (AvgIpc) is 2.58. The standard InChI is InChI=1S/C10H10O3/c11-5-7-1-2-10-8(3-7)4-9(6-12)13-10/h1-3,5,9,12H,4,6H2/t9-/m0/s1. The molecule has 0 fully saturated rings. The molecule has 0 aromatic heterocycles. The van der Waals surface area contributed by atoms with E-state index in [2.05, 4.69) is 0 Å². The second-order valence-corrected chi connectivity index (χ2v) is 3.11. The van der Waals surface area contributed by atoms with Crippen molar-refractivity contribution in [3.8, 4) is 5.75 Å². The van der Waals surface area contributed by atoms with Gasteiger partial charge in [-0.2, -0.15) is 0 Å². The van der Waals surface area contributed by atoms with Crippen LogP contribution in [0.15, 0.2) is 18.2 Å². The van der Waals surface area contributed by atoms with Crippen LogP contribution in [-0.2, 0) is 6.42 Å². The number of aliphatic hydroxyl groups is 1. The van der Waals surface area contributed by atoms with Crippen molar-refractivity contribution in [3.63, 3.8) is 0 Å². The van der Waals surface area contributed by atoms with E-state index in [4.69, 9.17) is 9.84 Å². The van der Waals surface area contributed by atoms with Crippen LogP contribution < -0.4 is 4.74 Å². The SMILES string of the molecule is O=Cc1ccc2c(c1)C[C@@H](CO)O2. The zero-order valence-corrected chi connectivity index (χ0v) is 7.06. The molecule has 1 aliphatic rings. The van der Waals surface area contributed by atoms with Crippen LogP contribution in [0.5, 0.6) is 5.75 Å². The molecule has 0 amide bonds. The van der Waals surface area contributed by atoms with Crippen molar-refractivity contribution in [1.29, 1.82) is 0 Å². The van der Waals surface area contributed by atoms with E-state index in [1.54, 1.807) is 18.2 Å². The number of ether oxygens (including phenoxy) is 1. The molecule has 0 saturated carbocycles. The largest absolute Gasteiger partial charge is 0.487 e. The first-order chi connectivity index (χ1) is 6.33. The van der Waals surface area contributed by atoms with Crippen LogP contribution in [0.3, 0.4) is 0 Å². The van der Waals surface area contributed by atoms with E-state index >= 15 is 0 Å². The molecule has 1 heterocycles. The number of aliphatic hydroxyl groups excluding tert-OH is 1. The van der Waals surface area contributed by atoms with Gasteiger partial charge in [0.25, 0.3) is 0 Å². The van der Waals surface area contributed by atoms with Crippen molar-refractivity contribution in [2.75, 3.05) is 6.61 Å². The van der Waals surface area contributed by atoms with Gasteiger partial charge in [0.05, 0.1) is 6.61 Å². The predicted molar refractivity (Wildman–Crippen MR) is 47.0 cm³/mol. The zero-order valence-electron chi connectivity index (χ0n) is 7.06. The molecule has 0 unspecified atom stereocenters. The summed E-state index contributed by atoms with van der Waals surface area (Å²) < 4.78 is 5.39. The van der Waals surface area contributed by atoms with Crippen molar-refractivity contribution in [1.82, 2.24) is 0 Å². The predicted octanol–water partition coefficient (Wildman–Crippen LogP) is 0.795. The molecule has 2 rings (SSSR count). The van der Waals surface area contributed by atoms with Gasteiger partial charge in [-0.15, -0.1) is 0 Å². The number of carbonyl (C=O) groups is 1. The second kappa shape index (κ2) is 3.18. The van der Waals surface area contributed by atoms with Gasteiger partial charge in [0, 0.05) is 12.0 Å². The molecule has 0 spiro atoms. The molecular weight excluding hydrogens is 168 g/mol. The van der Waals surface area contributed by atoms with Crippen LogP contribution in [0.1, 0.15) is 15.9 Å². The van der Waals surface area contributed by atoms with Gasteiger partial charge in [-0.1, -0.05) is 0 Å². The molecule has 0 radical (unpaired) electrons. The molecule has 68 valence electrons. The summed E-state index contributed by atoms with van der Waals surface area (Å²) in [5, 5.41) is 8.87. The third-order valence-corrected chi connectivity index (χ3v) is 2.17. The molecule has 0 aliphatic carbocycles.